The van der Waals surface area contributed by atoms with Crippen LogP contribution in [0.4, 0.5) is 11.8 Å². The number of nitrogens with two attached hydrogens (primary N) is 1. The lowest BCUT2D eigenvalue weighted by atomic mass is 10.1. The monoisotopic (exact) mass is 267 g/mol. The maximum Gasteiger partial charge on any atom is 0.222 e. The molecule has 2 atom stereocenters. The van der Waals surface area contributed by atoms with E-state index in [9.17, 15) is 0 Å². The molecule has 6 heteroatoms. The predicted molar refractivity (Wildman–Crippen MR) is 72.9 cm³/mol. The van der Waals surface area contributed by atoms with E-state index in [4.69, 9.17) is 17.3 Å². The number of hydrogen-bond donors (Lipinski definition) is 1. The van der Waals surface area contributed by atoms with Gasteiger partial charge in [0.15, 0.2) is 5.82 Å². The molecule has 0 aromatic carbocycles. The molecule has 2 fully saturated rings. The lowest BCUT2D eigenvalue weighted by molar-refractivity contribution is 0.254. The van der Waals surface area contributed by atoms with Gasteiger partial charge in [0.05, 0.1) is 6.20 Å². The molecule has 1 aromatic rings. The molecular weight excluding hydrogens is 250 g/mol. The second-order valence-electron chi connectivity index (χ2n) is 5.18. The Labute approximate surface area is 112 Å². The zero-order chi connectivity index (χ0) is 12.7. The van der Waals surface area contributed by atoms with Crippen molar-refractivity contribution >= 4 is 23.4 Å². The van der Waals surface area contributed by atoms with Gasteiger partial charge in [-0.05, 0) is 26.3 Å². The van der Waals surface area contributed by atoms with E-state index in [1.54, 1.807) is 6.20 Å². The highest BCUT2D eigenvalue weighted by atomic mass is 35.5. The van der Waals surface area contributed by atoms with Gasteiger partial charge in [0.1, 0.15) is 5.02 Å². The highest BCUT2D eigenvalue weighted by Gasteiger charge is 2.35. The van der Waals surface area contributed by atoms with E-state index in [2.05, 4.69) is 26.8 Å². The Morgan fingerprint density at radius 3 is 2.94 bits per heavy atom. The van der Waals surface area contributed by atoms with Gasteiger partial charge >= 0.3 is 0 Å². The molecule has 0 saturated carbocycles. The molecule has 2 saturated heterocycles. The second-order valence-corrected chi connectivity index (χ2v) is 5.59. The van der Waals surface area contributed by atoms with Gasteiger partial charge in [-0.3, -0.25) is 4.90 Å². The van der Waals surface area contributed by atoms with Crippen LogP contribution in [0.15, 0.2) is 6.20 Å². The Balaban J connectivity index is 1.87. The smallest absolute Gasteiger partial charge is 0.222 e. The van der Waals surface area contributed by atoms with Crippen LogP contribution in [-0.2, 0) is 0 Å². The SMILES string of the molecule is CN1C2CCC1CN(c1nc(N)ncc1Cl)CC2. The molecule has 18 heavy (non-hydrogen) atoms. The Morgan fingerprint density at radius 1 is 1.33 bits per heavy atom. The quantitative estimate of drug-likeness (QED) is 0.833. The van der Waals surface area contributed by atoms with Gasteiger partial charge in [-0.25, -0.2) is 4.98 Å². The first-order valence-electron chi connectivity index (χ1n) is 6.40. The summed E-state index contributed by atoms with van der Waals surface area (Å²) < 4.78 is 0. The maximum absolute atomic E-state index is 6.19. The molecule has 3 rings (SSSR count). The van der Waals surface area contributed by atoms with Gasteiger partial charge in [0.25, 0.3) is 0 Å². The molecule has 2 N–H and O–H groups in total. The van der Waals surface area contributed by atoms with Gasteiger partial charge in [0.2, 0.25) is 5.95 Å². The first-order valence-corrected chi connectivity index (χ1v) is 6.78. The fourth-order valence-electron chi connectivity index (χ4n) is 3.09. The first-order chi connectivity index (χ1) is 8.65. The van der Waals surface area contributed by atoms with Crippen LogP contribution in [-0.4, -0.2) is 47.1 Å². The van der Waals surface area contributed by atoms with Crippen molar-refractivity contribution in [3.05, 3.63) is 11.2 Å². The van der Waals surface area contributed by atoms with E-state index >= 15 is 0 Å². The summed E-state index contributed by atoms with van der Waals surface area (Å²) in [4.78, 5) is 13.0. The van der Waals surface area contributed by atoms with Crippen LogP contribution >= 0.6 is 11.6 Å². The second kappa shape index (κ2) is 4.55. The number of rotatable bonds is 1. The number of hydrogen-bond acceptors (Lipinski definition) is 5. The van der Waals surface area contributed by atoms with Crippen molar-refractivity contribution in [2.24, 2.45) is 0 Å². The molecule has 0 spiro atoms. The van der Waals surface area contributed by atoms with E-state index in [-0.39, 0.29) is 5.95 Å². The van der Waals surface area contributed by atoms with Crippen molar-refractivity contribution in [3.63, 3.8) is 0 Å². The van der Waals surface area contributed by atoms with Crippen molar-refractivity contribution < 1.29 is 0 Å². The highest BCUT2D eigenvalue weighted by molar-refractivity contribution is 6.32. The van der Waals surface area contributed by atoms with Crippen LogP contribution in [0.2, 0.25) is 5.02 Å². The minimum atomic E-state index is 0.289. The van der Waals surface area contributed by atoms with E-state index < -0.39 is 0 Å². The molecule has 2 unspecified atom stereocenters. The average Bonchev–Trinajstić information content (AvgIpc) is 2.57. The predicted octanol–water partition coefficient (Wildman–Crippen LogP) is 1.39. The third-order valence-corrected chi connectivity index (χ3v) is 4.46. The van der Waals surface area contributed by atoms with Crippen LogP contribution in [0.3, 0.4) is 0 Å². The molecule has 2 aliphatic heterocycles. The topological polar surface area (TPSA) is 58.3 Å². The third-order valence-electron chi connectivity index (χ3n) is 4.19. The molecule has 2 aliphatic rings. The lowest BCUT2D eigenvalue weighted by Gasteiger charge is -2.27. The van der Waals surface area contributed by atoms with Crippen molar-refractivity contribution in [2.45, 2.75) is 31.3 Å². The third kappa shape index (κ3) is 2.01. The normalized spacial score (nSPS) is 28.4. The first kappa shape index (κ1) is 12.0. The number of fused-ring (bicyclic) bond motifs is 2. The number of halogens is 1. The molecule has 0 aliphatic carbocycles. The maximum atomic E-state index is 6.19. The molecule has 5 nitrogen and oxygen atoms in total. The largest absolute Gasteiger partial charge is 0.368 e. The number of likely N-dealkylation sites (N-methyl/N-ethyl adjacent to an activating group) is 1. The summed E-state index contributed by atoms with van der Waals surface area (Å²) in [7, 11) is 2.22. The molecule has 0 radical (unpaired) electrons. The Hall–Kier alpha value is -1.07. The van der Waals surface area contributed by atoms with E-state index in [0.717, 1.165) is 25.3 Å². The van der Waals surface area contributed by atoms with Gasteiger partial charge in [-0.1, -0.05) is 11.6 Å². The van der Waals surface area contributed by atoms with Gasteiger partial charge in [-0.15, -0.1) is 0 Å². The zero-order valence-corrected chi connectivity index (χ0v) is 11.3. The fraction of sp³-hybridized carbons (Fsp3) is 0.667. The van der Waals surface area contributed by atoms with Crippen LogP contribution < -0.4 is 10.6 Å². The summed E-state index contributed by atoms with van der Waals surface area (Å²) in [5.74, 6) is 1.07. The zero-order valence-electron chi connectivity index (χ0n) is 10.5. The number of nitrogen functional groups attached to an aromatic ring is 1. The van der Waals surface area contributed by atoms with Gasteiger partial charge in [-0.2, -0.15) is 4.98 Å². The average molecular weight is 268 g/mol. The van der Waals surface area contributed by atoms with Gasteiger partial charge < -0.3 is 10.6 Å². The number of nitrogens with zero attached hydrogens (tertiary/aromatic N) is 4. The van der Waals surface area contributed by atoms with Crippen molar-refractivity contribution in [1.82, 2.24) is 14.9 Å². The summed E-state index contributed by atoms with van der Waals surface area (Å²) >= 11 is 6.19. The van der Waals surface area contributed by atoms with Crippen LogP contribution in [0.1, 0.15) is 19.3 Å². The summed E-state index contributed by atoms with van der Waals surface area (Å²) in [6.45, 7) is 1.96. The number of aromatic nitrogens is 2. The van der Waals surface area contributed by atoms with Gasteiger partial charge in [0, 0.05) is 25.2 Å². The van der Waals surface area contributed by atoms with Crippen molar-refractivity contribution in [2.75, 3.05) is 30.8 Å². The van der Waals surface area contributed by atoms with E-state index in [1.807, 2.05) is 0 Å². The molecule has 98 valence electrons. The molecule has 0 amide bonds. The Kier molecular flexibility index (Phi) is 3.03. The number of anilines is 2. The van der Waals surface area contributed by atoms with Crippen LogP contribution in [0.5, 0.6) is 0 Å². The Morgan fingerprint density at radius 2 is 2.11 bits per heavy atom. The van der Waals surface area contributed by atoms with Crippen LogP contribution in [0.25, 0.3) is 0 Å². The van der Waals surface area contributed by atoms with Crippen molar-refractivity contribution in [3.8, 4) is 0 Å². The summed E-state index contributed by atoms with van der Waals surface area (Å²) in [5.41, 5.74) is 5.66. The standard InChI is InChI=1S/C12H18ClN5/c1-17-8-2-3-9(17)7-18(5-4-8)11-10(13)6-15-12(14)16-11/h6,8-9H,2-5,7H2,1H3,(H2,14,15,16). The summed E-state index contributed by atoms with van der Waals surface area (Å²) in [6, 6.07) is 1.31. The van der Waals surface area contributed by atoms with Crippen molar-refractivity contribution in [1.29, 1.82) is 0 Å². The van der Waals surface area contributed by atoms with Crippen LogP contribution in [0, 0.1) is 0 Å². The Bertz CT molecular complexity index is 452. The molecule has 3 heterocycles. The summed E-state index contributed by atoms with van der Waals surface area (Å²) in [6.07, 6.45) is 5.32. The van der Waals surface area contributed by atoms with E-state index in [0.29, 0.717) is 17.1 Å². The highest BCUT2D eigenvalue weighted by Crippen LogP contribution is 2.32. The minimum absolute atomic E-state index is 0.289. The summed E-state index contributed by atoms with van der Waals surface area (Å²) in [5, 5.41) is 0.588. The molecule has 2 bridgehead atoms. The molecule has 1 aromatic heterocycles. The molecular formula is C12H18ClN5. The minimum Gasteiger partial charge on any atom is -0.368 e. The fourth-order valence-corrected chi connectivity index (χ4v) is 3.30. The lowest BCUT2D eigenvalue weighted by Crippen LogP contribution is -2.37. The van der Waals surface area contributed by atoms with E-state index in [1.165, 1.54) is 12.8 Å².